The molecule has 2 N–H and O–H groups in total. The maximum Gasteiger partial charge on any atom is 0.387 e. The van der Waals surface area contributed by atoms with Crippen LogP contribution in [-0.4, -0.2) is 32.7 Å². The average molecular weight is 323 g/mol. The van der Waals surface area contributed by atoms with Crippen molar-refractivity contribution in [3.63, 3.8) is 0 Å². The predicted octanol–water partition coefficient (Wildman–Crippen LogP) is 1.55. The summed E-state index contributed by atoms with van der Waals surface area (Å²) >= 11 is 0. The number of alkyl halides is 2. The van der Waals surface area contributed by atoms with Gasteiger partial charge in [0.25, 0.3) is 0 Å². The van der Waals surface area contributed by atoms with Crippen molar-refractivity contribution >= 4 is 18.3 Å². The van der Waals surface area contributed by atoms with E-state index < -0.39 is 6.61 Å². The fraction of sp³-hybridized carbons (Fsp3) is 0.462. The van der Waals surface area contributed by atoms with Crippen molar-refractivity contribution in [3.8, 4) is 11.5 Å². The molecule has 1 amide bonds. The Hall–Kier alpha value is -1.60. The fourth-order valence-electron chi connectivity index (χ4n) is 1.83. The zero-order valence-electron chi connectivity index (χ0n) is 11.4. The summed E-state index contributed by atoms with van der Waals surface area (Å²) in [6.45, 7) is -1.50. The summed E-state index contributed by atoms with van der Waals surface area (Å²) in [6.07, 6.45) is 0. The summed E-state index contributed by atoms with van der Waals surface area (Å²) in [5, 5.41) is 5.70. The molecule has 0 bridgehead atoms. The first-order chi connectivity index (χ1) is 9.60. The maximum atomic E-state index is 12.3. The molecule has 0 aliphatic carbocycles. The second kappa shape index (κ2) is 7.99. The predicted molar refractivity (Wildman–Crippen MR) is 75.1 cm³/mol. The standard InChI is InChI=1S/C13H16F2N2O3.ClH/c1-19-10-2-3-11(20-13(14)15)8(4-10)7-17-12(18)9-5-16-6-9;/h2-4,9,13,16H,5-7H2,1H3,(H,17,18);1H. The van der Waals surface area contributed by atoms with Crippen molar-refractivity contribution < 1.29 is 23.0 Å². The number of benzene rings is 1. The maximum absolute atomic E-state index is 12.3. The van der Waals surface area contributed by atoms with Gasteiger partial charge in [0.2, 0.25) is 5.91 Å². The molecule has 2 rings (SSSR count). The Morgan fingerprint density at radius 3 is 2.71 bits per heavy atom. The topological polar surface area (TPSA) is 59.6 Å². The summed E-state index contributed by atoms with van der Waals surface area (Å²) in [5.41, 5.74) is 0.449. The molecule has 1 fully saturated rings. The molecular weight excluding hydrogens is 306 g/mol. The minimum Gasteiger partial charge on any atom is -0.497 e. The summed E-state index contributed by atoms with van der Waals surface area (Å²) < 4.78 is 34.1. The third-order valence-electron chi connectivity index (χ3n) is 3.09. The third-order valence-corrected chi connectivity index (χ3v) is 3.09. The van der Waals surface area contributed by atoms with E-state index in [4.69, 9.17) is 4.74 Å². The summed E-state index contributed by atoms with van der Waals surface area (Å²) in [4.78, 5) is 11.7. The van der Waals surface area contributed by atoms with Gasteiger partial charge in [0.05, 0.1) is 13.0 Å². The van der Waals surface area contributed by atoms with Gasteiger partial charge < -0.3 is 20.1 Å². The number of nitrogens with one attached hydrogen (secondary N) is 2. The minimum absolute atomic E-state index is 0. The summed E-state index contributed by atoms with van der Waals surface area (Å²) in [6, 6.07) is 4.49. The zero-order valence-corrected chi connectivity index (χ0v) is 12.2. The molecule has 0 aromatic heterocycles. The Bertz CT molecular complexity index is 484. The third kappa shape index (κ3) is 4.71. The Kier molecular flexibility index (Phi) is 6.64. The van der Waals surface area contributed by atoms with Gasteiger partial charge >= 0.3 is 6.61 Å². The van der Waals surface area contributed by atoms with Crippen molar-refractivity contribution in [2.75, 3.05) is 20.2 Å². The first-order valence-corrected chi connectivity index (χ1v) is 6.20. The van der Waals surface area contributed by atoms with Crippen LogP contribution in [0.5, 0.6) is 11.5 Å². The highest BCUT2D eigenvalue weighted by molar-refractivity contribution is 5.85. The van der Waals surface area contributed by atoms with Gasteiger partial charge in [0.1, 0.15) is 11.5 Å². The number of rotatable bonds is 6. The molecule has 0 unspecified atom stereocenters. The molecule has 1 saturated heterocycles. The van der Waals surface area contributed by atoms with Gasteiger partial charge in [0.15, 0.2) is 0 Å². The molecular formula is C13H17ClF2N2O3. The lowest BCUT2D eigenvalue weighted by molar-refractivity contribution is -0.126. The van der Waals surface area contributed by atoms with Gasteiger partial charge in [-0.25, -0.2) is 0 Å². The van der Waals surface area contributed by atoms with Crippen LogP contribution in [0, 0.1) is 5.92 Å². The van der Waals surface area contributed by atoms with E-state index in [0.29, 0.717) is 24.4 Å². The summed E-state index contributed by atoms with van der Waals surface area (Å²) in [7, 11) is 1.48. The number of hydrogen-bond donors (Lipinski definition) is 2. The van der Waals surface area contributed by atoms with Crippen molar-refractivity contribution in [2.24, 2.45) is 5.92 Å². The molecule has 5 nitrogen and oxygen atoms in total. The van der Waals surface area contributed by atoms with Gasteiger partial charge in [-0.05, 0) is 18.2 Å². The van der Waals surface area contributed by atoms with E-state index in [1.54, 1.807) is 6.07 Å². The molecule has 1 aromatic carbocycles. The van der Waals surface area contributed by atoms with E-state index in [9.17, 15) is 13.6 Å². The Morgan fingerprint density at radius 1 is 1.48 bits per heavy atom. The first-order valence-electron chi connectivity index (χ1n) is 6.20. The van der Waals surface area contributed by atoms with Gasteiger partial charge in [-0.1, -0.05) is 0 Å². The number of methoxy groups -OCH3 is 1. The Balaban J connectivity index is 0.00000220. The molecule has 1 aliphatic heterocycles. The monoisotopic (exact) mass is 322 g/mol. The number of ether oxygens (including phenoxy) is 2. The SMILES string of the molecule is COc1ccc(OC(F)F)c(CNC(=O)C2CNC2)c1.Cl. The molecule has 1 heterocycles. The zero-order chi connectivity index (χ0) is 14.5. The molecule has 8 heteroatoms. The highest BCUT2D eigenvalue weighted by Crippen LogP contribution is 2.25. The number of hydrogen-bond acceptors (Lipinski definition) is 4. The van der Waals surface area contributed by atoms with Crippen LogP contribution in [0.3, 0.4) is 0 Å². The van der Waals surface area contributed by atoms with E-state index in [1.807, 2.05) is 0 Å². The molecule has 118 valence electrons. The molecule has 0 saturated carbocycles. The minimum atomic E-state index is -2.91. The van der Waals surface area contributed by atoms with Gasteiger partial charge in [-0.15, -0.1) is 12.4 Å². The number of carbonyl (C=O) groups excluding carboxylic acids is 1. The highest BCUT2D eigenvalue weighted by Gasteiger charge is 2.24. The smallest absolute Gasteiger partial charge is 0.387 e. The molecule has 0 spiro atoms. The lowest BCUT2D eigenvalue weighted by Crippen LogP contribution is -2.50. The quantitative estimate of drug-likeness (QED) is 0.834. The lowest BCUT2D eigenvalue weighted by atomic mass is 10.0. The Labute approximate surface area is 127 Å². The number of carbonyl (C=O) groups is 1. The second-order valence-electron chi connectivity index (χ2n) is 4.43. The van der Waals surface area contributed by atoms with Crippen molar-refractivity contribution in [1.29, 1.82) is 0 Å². The largest absolute Gasteiger partial charge is 0.497 e. The molecule has 1 aromatic rings. The van der Waals surface area contributed by atoms with Crippen LogP contribution < -0.4 is 20.1 Å². The van der Waals surface area contributed by atoms with Crippen LogP contribution in [0.15, 0.2) is 18.2 Å². The Morgan fingerprint density at radius 2 is 2.19 bits per heavy atom. The van der Waals surface area contributed by atoms with Gasteiger partial charge in [0, 0.05) is 25.2 Å². The van der Waals surface area contributed by atoms with E-state index in [1.165, 1.54) is 19.2 Å². The van der Waals surface area contributed by atoms with Crippen LogP contribution in [0.1, 0.15) is 5.56 Å². The molecule has 0 radical (unpaired) electrons. The molecule has 21 heavy (non-hydrogen) atoms. The molecule has 0 atom stereocenters. The fourth-order valence-corrected chi connectivity index (χ4v) is 1.83. The van der Waals surface area contributed by atoms with Crippen LogP contribution >= 0.6 is 12.4 Å². The lowest BCUT2D eigenvalue weighted by Gasteiger charge is -2.26. The second-order valence-corrected chi connectivity index (χ2v) is 4.43. The van der Waals surface area contributed by atoms with E-state index in [2.05, 4.69) is 15.4 Å². The first kappa shape index (κ1) is 17.5. The van der Waals surface area contributed by atoms with Gasteiger partial charge in [-0.3, -0.25) is 4.79 Å². The van der Waals surface area contributed by atoms with Crippen molar-refractivity contribution in [1.82, 2.24) is 10.6 Å². The van der Waals surface area contributed by atoms with Crippen LogP contribution in [0.2, 0.25) is 0 Å². The van der Waals surface area contributed by atoms with Gasteiger partial charge in [-0.2, -0.15) is 8.78 Å². The molecule has 1 aliphatic rings. The van der Waals surface area contributed by atoms with E-state index >= 15 is 0 Å². The van der Waals surface area contributed by atoms with Crippen molar-refractivity contribution in [3.05, 3.63) is 23.8 Å². The van der Waals surface area contributed by atoms with Crippen LogP contribution in [0.25, 0.3) is 0 Å². The van der Waals surface area contributed by atoms with Crippen LogP contribution in [0.4, 0.5) is 8.78 Å². The number of amides is 1. The summed E-state index contributed by atoms with van der Waals surface area (Å²) in [5.74, 6) is 0.392. The van der Waals surface area contributed by atoms with E-state index in [0.717, 1.165) is 0 Å². The van der Waals surface area contributed by atoms with Crippen molar-refractivity contribution in [2.45, 2.75) is 13.2 Å². The highest BCUT2D eigenvalue weighted by atomic mass is 35.5. The average Bonchev–Trinajstić information content (AvgIpc) is 2.35. The van der Waals surface area contributed by atoms with E-state index in [-0.39, 0.29) is 36.5 Å². The van der Waals surface area contributed by atoms with Crippen LogP contribution in [-0.2, 0) is 11.3 Å². The normalized spacial score (nSPS) is 14.1. The number of halogens is 3.